The third kappa shape index (κ3) is 4.21. The van der Waals surface area contributed by atoms with Crippen molar-refractivity contribution >= 4 is 11.7 Å². The highest BCUT2D eigenvalue weighted by Gasteiger charge is 2.29. The summed E-state index contributed by atoms with van der Waals surface area (Å²) in [6.45, 7) is 5.99. The highest BCUT2D eigenvalue weighted by Crippen LogP contribution is 2.38. The minimum absolute atomic E-state index is 0.0717. The number of aromatic nitrogens is 2. The van der Waals surface area contributed by atoms with Crippen molar-refractivity contribution < 1.29 is 4.79 Å². The zero-order valence-electron chi connectivity index (χ0n) is 14.3. The maximum atomic E-state index is 12.5. The molecule has 1 amide bonds. The maximum absolute atomic E-state index is 12.5. The summed E-state index contributed by atoms with van der Waals surface area (Å²) in [4.78, 5) is 23.8. The molecule has 5 heteroatoms. The van der Waals surface area contributed by atoms with Crippen LogP contribution >= 0.6 is 0 Å². The minimum atomic E-state index is 0.0717. The number of amides is 1. The molecule has 126 valence electrons. The van der Waals surface area contributed by atoms with Crippen LogP contribution in [0.3, 0.4) is 0 Å². The van der Waals surface area contributed by atoms with E-state index in [0.717, 1.165) is 50.4 Å². The summed E-state index contributed by atoms with van der Waals surface area (Å²) in [6.07, 6.45) is 8.45. The van der Waals surface area contributed by atoms with Gasteiger partial charge in [-0.25, -0.2) is 9.97 Å². The summed E-state index contributed by atoms with van der Waals surface area (Å²) in [5, 5.41) is 3.16. The molecule has 1 aromatic heterocycles. The van der Waals surface area contributed by atoms with Gasteiger partial charge in [-0.15, -0.1) is 0 Å². The normalized spacial score (nSPS) is 22.7. The first-order chi connectivity index (χ1) is 11.2. The van der Waals surface area contributed by atoms with Crippen LogP contribution in [-0.4, -0.2) is 35.0 Å². The van der Waals surface area contributed by atoms with E-state index in [1.165, 1.54) is 12.8 Å². The Kier molecular flexibility index (Phi) is 5.13. The second-order valence-electron chi connectivity index (χ2n) is 7.03. The molecule has 1 aliphatic carbocycles. The van der Waals surface area contributed by atoms with Gasteiger partial charge in [-0.2, -0.15) is 0 Å². The van der Waals surface area contributed by atoms with E-state index < -0.39 is 0 Å². The molecule has 3 rings (SSSR count). The number of hydrogen-bond acceptors (Lipinski definition) is 4. The molecule has 1 aromatic rings. The molecule has 1 saturated carbocycles. The van der Waals surface area contributed by atoms with Crippen LogP contribution in [0.15, 0.2) is 12.3 Å². The zero-order chi connectivity index (χ0) is 16.2. The first-order valence-electron chi connectivity index (χ1n) is 9.05. The number of carbonyl (C=O) groups is 1. The SMILES string of the molecule is CCCC(C)NC(=O)C1CCCN(c2ccnc(C3CC3)n2)C1. The molecule has 2 aliphatic rings. The van der Waals surface area contributed by atoms with Crippen molar-refractivity contribution in [1.82, 2.24) is 15.3 Å². The van der Waals surface area contributed by atoms with Gasteiger partial charge in [-0.05, 0) is 45.1 Å². The fourth-order valence-electron chi connectivity index (χ4n) is 3.34. The lowest BCUT2D eigenvalue weighted by molar-refractivity contribution is -0.125. The Balaban J connectivity index is 1.61. The quantitative estimate of drug-likeness (QED) is 0.877. The van der Waals surface area contributed by atoms with E-state index in [0.29, 0.717) is 5.92 Å². The molecule has 2 atom stereocenters. The fraction of sp³-hybridized carbons (Fsp3) is 0.722. The largest absolute Gasteiger partial charge is 0.356 e. The Labute approximate surface area is 138 Å². The summed E-state index contributed by atoms with van der Waals surface area (Å²) in [7, 11) is 0. The lowest BCUT2D eigenvalue weighted by Gasteiger charge is -2.33. The van der Waals surface area contributed by atoms with Crippen LogP contribution in [0.2, 0.25) is 0 Å². The standard InChI is InChI=1S/C18H28N4O/c1-3-5-13(2)20-18(23)15-6-4-11-22(12-15)16-9-10-19-17(21-16)14-7-8-14/h9-10,13-15H,3-8,11-12H2,1-2H3,(H,20,23). The molecule has 2 fully saturated rings. The molecule has 0 radical (unpaired) electrons. The molecule has 23 heavy (non-hydrogen) atoms. The van der Waals surface area contributed by atoms with Crippen molar-refractivity contribution in [3.63, 3.8) is 0 Å². The van der Waals surface area contributed by atoms with E-state index in [4.69, 9.17) is 4.98 Å². The Morgan fingerprint density at radius 3 is 3.00 bits per heavy atom. The van der Waals surface area contributed by atoms with Gasteiger partial charge in [0.2, 0.25) is 5.91 Å². The van der Waals surface area contributed by atoms with Gasteiger partial charge >= 0.3 is 0 Å². The van der Waals surface area contributed by atoms with Crippen LogP contribution in [0.4, 0.5) is 5.82 Å². The summed E-state index contributed by atoms with van der Waals surface area (Å²) in [5.74, 6) is 2.80. The molecule has 1 saturated heterocycles. The van der Waals surface area contributed by atoms with Gasteiger partial charge in [0.25, 0.3) is 0 Å². The summed E-state index contributed by atoms with van der Waals surface area (Å²) in [5.41, 5.74) is 0. The van der Waals surface area contributed by atoms with Gasteiger partial charge in [0.05, 0.1) is 5.92 Å². The van der Waals surface area contributed by atoms with E-state index in [1.807, 2.05) is 12.3 Å². The first-order valence-corrected chi connectivity index (χ1v) is 9.05. The van der Waals surface area contributed by atoms with Crippen LogP contribution < -0.4 is 10.2 Å². The molecular formula is C18H28N4O. The average Bonchev–Trinajstić information content (AvgIpc) is 3.40. The molecule has 1 aliphatic heterocycles. The van der Waals surface area contributed by atoms with Crippen molar-refractivity contribution in [1.29, 1.82) is 0 Å². The molecular weight excluding hydrogens is 288 g/mol. The zero-order valence-corrected chi connectivity index (χ0v) is 14.3. The third-order valence-electron chi connectivity index (χ3n) is 4.83. The summed E-state index contributed by atoms with van der Waals surface area (Å²) >= 11 is 0. The number of carbonyl (C=O) groups excluding carboxylic acids is 1. The summed E-state index contributed by atoms with van der Waals surface area (Å²) < 4.78 is 0. The van der Waals surface area contributed by atoms with E-state index in [1.54, 1.807) is 0 Å². The Morgan fingerprint density at radius 1 is 1.43 bits per heavy atom. The van der Waals surface area contributed by atoms with Crippen molar-refractivity contribution in [2.75, 3.05) is 18.0 Å². The Morgan fingerprint density at radius 2 is 2.26 bits per heavy atom. The van der Waals surface area contributed by atoms with Crippen molar-refractivity contribution in [2.45, 2.75) is 64.3 Å². The lowest BCUT2D eigenvalue weighted by atomic mass is 9.96. The molecule has 1 N–H and O–H groups in total. The smallest absolute Gasteiger partial charge is 0.225 e. The molecule has 2 heterocycles. The monoisotopic (exact) mass is 316 g/mol. The van der Waals surface area contributed by atoms with Crippen LogP contribution in [-0.2, 0) is 4.79 Å². The predicted molar refractivity (Wildman–Crippen MR) is 91.5 cm³/mol. The highest BCUT2D eigenvalue weighted by atomic mass is 16.2. The van der Waals surface area contributed by atoms with E-state index in [-0.39, 0.29) is 17.9 Å². The number of anilines is 1. The number of piperidine rings is 1. The van der Waals surface area contributed by atoms with Crippen molar-refractivity contribution in [3.8, 4) is 0 Å². The maximum Gasteiger partial charge on any atom is 0.225 e. The number of hydrogen-bond donors (Lipinski definition) is 1. The van der Waals surface area contributed by atoms with Crippen molar-refractivity contribution in [3.05, 3.63) is 18.1 Å². The molecule has 5 nitrogen and oxygen atoms in total. The average molecular weight is 316 g/mol. The lowest BCUT2D eigenvalue weighted by Crippen LogP contribution is -2.45. The van der Waals surface area contributed by atoms with E-state index >= 15 is 0 Å². The first kappa shape index (κ1) is 16.2. The number of rotatable bonds is 6. The molecule has 0 bridgehead atoms. The van der Waals surface area contributed by atoms with Gasteiger partial charge in [0, 0.05) is 31.2 Å². The number of nitrogens with one attached hydrogen (secondary N) is 1. The second-order valence-corrected chi connectivity index (χ2v) is 7.03. The fourth-order valence-corrected chi connectivity index (χ4v) is 3.34. The van der Waals surface area contributed by atoms with Crippen LogP contribution in [0, 0.1) is 5.92 Å². The van der Waals surface area contributed by atoms with Gasteiger partial charge in [-0.1, -0.05) is 13.3 Å². The third-order valence-corrected chi connectivity index (χ3v) is 4.83. The molecule has 2 unspecified atom stereocenters. The molecule has 0 aromatic carbocycles. The van der Waals surface area contributed by atoms with Gasteiger partial charge in [0.15, 0.2) is 0 Å². The Bertz CT molecular complexity index is 544. The highest BCUT2D eigenvalue weighted by molar-refractivity contribution is 5.79. The number of nitrogens with zero attached hydrogens (tertiary/aromatic N) is 3. The van der Waals surface area contributed by atoms with Gasteiger partial charge in [-0.3, -0.25) is 4.79 Å². The predicted octanol–water partition coefficient (Wildman–Crippen LogP) is 2.88. The second kappa shape index (κ2) is 7.28. The van der Waals surface area contributed by atoms with Crippen LogP contribution in [0.25, 0.3) is 0 Å². The summed E-state index contributed by atoms with van der Waals surface area (Å²) in [6, 6.07) is 2.25. The van der Waals surface area contributed by atoms with E-state index in [9.17, 15) is 4.79 Å². The van der Waals surface area contributed by atoms with Gasteiger partial charge < -0.3 is 10.2 Å². The topological polar surface area (TPSA) is 58.1 Å². The van der Waals surface area contributed by atoms with E-state index in [2.05, 4.69) is 29.0 Å². The van der Waals surface area contributed by atoms with Crippen LogP contribution in [0.1, 0.15) is 64.1 Å². The van der Waals surface area contributed by atoms with Crippen LogP contribution in [0.5, 0.6) is 0 Å². The molecule has 0 spiro atoms. The minimum Gasteiger partial charge on any atom is -0.356 e. The Hall–Kier alpha value is -1.65. The van der Waals surface area contributed by atoms with Crippen molar-refractivity contribution in [2.24, 2.45) is 5.92 Å². The van der Waals surface area contributed by atoms with Gasteiger partial charge in [0.1, 0.15) is 11.6 Å².